The van der Waals surface area contributed by atoms with Gasteiger partial charge in [0.05, 0.1) is 15.6 Å². The van der Waals surface area contributed by atoms with Crippen molar-refractivity contribution in [1.29, 1.82) is 0 Å². The minimum absolute atomic E-state index is 0.0687. The molecule has 1 amide bonds. The molecule has 0 atom stereocenters. The number of hydrogen-bond donors (Lipinski definition) is 2. The van der Waals surface area contributed by atoms with Gasteiger partial charge in [-0.15, -0.1) is 0 Å². The SMILES string of the molecule is CC(C)c1ccc2oc(-c3cc(NC(=S)NC(=O)c4ccc(-c5ccc(Cl)cc5Cl)o4)ccc3Cl)nc2c1. The highest BCUT2D eigenvalue weighted by molar-refractivity contribution is 7.80. The molecule has 2 heterocycles. The van der Waals surface area contributed by atoms with Crippen LogP contribution >= 0.6 is 47.0 Å². The highest BCUT2D eigenvalue weighted by Crippen LogP contribution is 2.34. The van der Waals surface area contributed by atoms with Crippen molar-refractivity contribution in [2.45, 2.75) is 19.8 Å². The van der Waals surface area contributed by atoms with E-state index in [1.807, 2.05) is 18.2 Å². The van der Waals surface area contributed by atoms with Crippen LogP contribution in [0.25, 0.3) is 33.9 Å². The summed E-state index contributed by atoms with van der Waals surface area (Å²) < 4.78 is 11.6. The maximum Gasteiger partial charge on any atom is 0.293 e. The fourth-order valence-electron chi connectivity index (χ4n) is 3.81. The van der Waals surface area contributed by atoms with Crippen molar-refractivity contribution in [3.63, 3.8) is 0 Å². The number of carbonyl (C=O) groups is 1. The van der Waals surface area contributed by atoms with Crippen molar-refractivity contribution >= 4 is 74.8 Å². The molecule has 2 N–H and O–H groups in total. The number of benzene rings is 3. The van der Waals surface area contributed by atoms with Crippen molar-refractivity contribution in [1.82, 2.24) is 10.3 Å². The van der Waals surface area contributed by atoms with E-state index in [1.165, 1.54) is 11.6 Å². The second-order valence-electron chi connectivity index (χ2n) is 8.79. The highest BCUT2D eigenvalue weighted by atomic mass is 35.5. The third-order valence-corrected chi connectivity index (χ3v) is 6.87. The van der Waals surface area contributed by atoms with Crippen molar-refractivity contribution in [2.24, 2.45) is 0 Å². The molecule has 0 aliphatic carbocycles. The fraction of sp³-hybridized carbons (Fsp3) is 0.107. The number of aromatic nitrogens is 1. The Morgan fingerprint density at radius 1 is 0.895 bits per heavy atom. The van der Waals surface area contributed by atoms with Crippen LogP contribution in [0.2, 0.25) is 15.1 Å². The van der Waals surface area contributed by atoms with E-state index in [4.69, 9.17) is 55.9 Å². The van der Waals surface area contributed by atoms with Crippen LogP contribution in [0.15, 0.2) is 75.6 Å². The lowest BCUT2D eigenvalue weighted by Gasteiger charge is -2.10. The van der Waals surface area contributed by atoms with Crippen LogP contribution in [0, 0.1) is 0 Å². The second kappa shape index (κ2) is 10.8. The zero-order valence-corrected chi connectivity index (χ0v) is 23.2. The number of oxazole rings is 1. The molecule has 3 aromatic carbocycles. The summed E-state index contributed by atoms with van der Waals surface area (Å²) >= 11 is 24.0. The third kappa shape index (κ3) is 5.56. The first-order chi connectivity index (χ1) is 18.2. The average molecular weight is 585 g/mol. The summed E-state index contributed by atoms with van der Waals surface area (Å²) in [6.07, 6.45) is 0. The minimum Gasteiger partial charge on any atom is -0.451 e. The van der Waals surface area contributed by atoms with Crippen molar-refractivity contribution in [2.75, 3.05) is 5.32 Å². The maximum absolute atomic E-state index is 12.7. The van der Waals surface area contributed by atoms with E-state index in [0.717, 1.165) is 5.52 Å². The molecule has 0 unspecified atom stereocenters. The van der Waals surface area contributed by atoms with Gasteiger partial charge in [-0.3, -0.25) is 10.1 Å². The van der Waals surface area contributed by atoms with Gasteiger partial charge in [-0.2, -0.15) is 0 Å². The molecule has 6 nitrogen and oxygen atoms in total. The van der Waals surface area contributed by atoms with E-state index in [-0.39, 0.29) is 10.9 Å². The Kier molecular flexibility index (Phi) is 7.45. The lowest BCUT2D eigenvalue weighted by atomic mass is 10.0. The second-order valence-corrected chi connectivity index (χ2v) is 10.5. The largest absolute Gasteiger partial charge is 0.451 e. The Morgan fingerprint density at radius 3 is 2.47 bits per heavy atom. The maximum atomic E-state index is 12.7. The first-order valence-electron chi connectivity index (χ1n) is 11.6. The number of fused-ring (bicyclic) bond motifs is 1. The number of hydrogen-bond acceptors (Lipinski definition) is 5. The summed E-state index contributed by atoms with van der Waals surface area (Å²) in [5, 5.41) is 7.04. The molecule has 5 rings (SSSR count). The Morgan fingerprint density at radius 2 is 1.71 bits per heavy atom. The van der Waals surface area contributed by atoms with Crippen LogP contribution in [-0.4, -0.2) is 16.0 Å². The van der Waals surface area contributed by atoms with E-state index in [9.17, 15) is 4.79 Å². The summed E-state index contributed by atoms with van der Waals surface area (Å²) in [7, 11) is 0. The quantitative estimate of drug-likeness (QED) is 0.201. The first kappa shape index (κ1) is 26.3. The Balaban J connectivity index is 1.30. The number of amides is 1. The predicted molar refractivity (Wildman–Crippen MR) is 156 cm³/mol. The zero-order valence-electron chi connectivity index (χ0n) is 20.1. The van der Waals surface area contributed by atoms with Gasteiger partial charge >= 0.3 is 0 Å². The Labute approximate surface area is 238 Å². The summed E-state index contributed by atoms with van der Waals surface area (Å²) in [6.45, 7) is 4.24. The summed E-state index contributed by atoms with van der Waals surface area (Å²) in [5.41, 5.74) is 4.38. The molecule has 10 heteroatoms. The molecule has 5 aromatic rings. The molecule has 0 aliphatic heterocycles. The number of nitrogens with one attached hydrogen (secondary N) is 2. The van der Waals surface area contributed by atoms with Gasteiger partial charge in [0.25, 0.3) is 5.91 Å². The lowest BCUT2D eigenvalue weighted by molar-refractivity contribution is 0.0951. The molecular formula is C28H20Cl3N3O3S. The molecule has 0 radical (unpaired) electrons. The number of thiocarbonyl (C=S) groups is 1. The molecule has 0 aliphatic rings. The molecule has 192 valence electrons. The number of furan rings is 1. The zero-order chi connectivity index (χ0) is 27.0. The Hall–Kier alpha value is -3.36. The lowest BCUT2D eigenvalue weighted by Crippen LogP contribution is -2.33. The molecule has 0 saturated heterocycles. The predicted octanol–water partition coefficient (Wildman–Crippen LogP) is 8.97. The Bertz CT molecular complexity index is 1690. The molecule has 0 spiro atoms. The minimum atomic E-state index is -0.520. The van der Waals surface area contributed by atoms with E-state index < -0.39 is 5.91 Å². The van der Waals surface area contributed by atoms with Crippen LogP contribution in [0.1, 0.15) is 35.9 Å². The number of carbonyl (C=O) groups excluding carboxylic acids is 1. The number of halogens is 3. The van der Waals surface area contributed by atoms with Gasteiger partial charge in [0, 0.05) is 16.3 Å². The standard InChI is InChI=1S/C28H20Cl3N3O3S/c1-14(2)15-3-8-24-22(11-15)33-27(37-24)19-13-17(5-7-20(19)30)32-28(38)34-26(35)25-10-9-23(36-25)18-6-4-16(29)12-21(18)31/h3-14H,1-2H3,(H2,32,34,35,38). The van der Waals surface area contributed by atoms with Gasteiger partial charge in [0.2, 0.25) is 5.89 Å². The normalized spacial score (nSPS) is 11.2. The number of anilines is 1. The molecule has 0 saturated carbocycles. The average Bonchev–Trinajstić information content (AvgIpc) is 3.52. The molecule has 38 heavy (non-hydrogen) atoms. The van der Waals surface area contributed by atoms with Crippen LogP contribution in [-0.2, 0) is 0 Å². The fourth-order valence-corrected chi connectivity index (χ4v) is 4.72. The van der Waals surface area contributed by atoms with Gasteiger partial charge in [-0.1, -0.05) is 54.7 Å². The van der Waals surface area contributed by atoms with E-state index in [1.54, 1.807) is 42.5 Å². The summed E-state index contributed by atoms with van der Waals surface area (Å²) in [5.74, 6) is 0.729. The van der Waals surface area contributed by atoms with Crippen molar-refractivity contribution in [3.05, 3.63) is 93.1 Å². The highest BCUT2D eigenvalue weighted by Gasteiger charge is 2.17. The van der Waals surface area contributed by atoms with E-state index in [2.05, 4.69) is 29.5 Å². The van der Waals surface area contributed by atoms with Gasteiger partial charge < -0.3 is 14.2 Å². The van der Waals surface area contributed by atoms with Gasteiger partial charge in [-0.05, 0) is 84.4 Å². The first-order valence-corrected chi connectivity index (χ1v) is 13.1. The topological polar surface area (TPSA) is 80.3 Å². The van der Waals surface area contributed by atoms with E-state index >= 15 is 0 Å². The monoisotopic (exact) mass is 583 g/mol. The van der Waals surface area contributed by atoms with E-state index in [0.29, 0.717) is 55.0 Å². The summed E-state index contributed by atoms with van der Waals surface area (Å²) in [4.78, 5) is 17.3. The molecule has 2 aromatic heterocycles. The number of nitrogens with zero attached hydrogens (tertiary/aromatic N) is 1. The van der Waals surface area contributed by atoms with Crippen LogP contribution in [0.5, 0.6) is 0 Å². The molecular weight excluding hydrogens is 565 g/mol. The number of rotatable bonds is 5. The third-order valence-electron chi connectivity index (χ3n) is 5.79. The van der Waals surface area contributed by atoms with Crippen LogP contribution in [0.4, 0.5) is 5.69 Å². The molecule has 0 bridgehead atoms. The van der Waals surface area contributed by atoms with Gasteiger partial charge in [0.15, 0.2) is 16.5 Å². The van der Waals surface area contributed by atoms with Crippen LogP contribution < -0.4 is 10.6 Å². The van der Waals surface area contributed by atoms with Gasteiger partial charge in [0.1, 0.15) is 11.3 Å². The van der Waals surface area contributed by atoms with Gasteiger partial charge in [-0.25, -0.2) is 4.98 Å². The van der Waals surface area contributed by atoms with Crippen LogP contribution in [0.3, 0.4) is 0 Å². The smallest absolute Gasteiger partial charge is 0.293 e. The van der Waals surface area contributed by atoms with Crippen molar-refractivity contribution < 1.29 is 13.6 Å². The molecule has 0 fully saturated rings. The summed E-state index contributed by atoms with van der Waals surface area (Å²) in [6, 6.07) is 19.3. The van der Waals surface area contributed by atoms with Crippen molar-refractivity contribution in [3.8, 4) is 22.8 Å².